The fourth-order valence-corrected chi connectivity index (χ4v) is 2.81. The zero-order chi connectivity index (χ0) is 15.6. The minimum atomic E-state index is -0.0803. The average Bonchev–Trinajstić information content (AvgIpc) is 2.86. The zero-order valence-corrected chi connectivity index (χ0v) is 14.0. The van der Waals surface area contributed by atoms with Crippen molar-refractivity contribution < 1.29 is 0 Å². The highest BCUT2D eigenvalue weighted by molar-refractivity contribution is 7.14. The third kappa shape index (κ3) is 3.50. The van der Waals surface area contributed by atoms with Crippen LogP contribution < -0.4 is 10.9 Å². The minimum Gasteiger partial charge on any atom is -0.359 e. The quantitative estimate of drug-likeness (QED) is 0.920. The molecule has 0 spiro atoms. The van der Waals surface area contributed by atoms with E-state index in [0.717, 1.165) is 16.5 Å². The largest absolute Gasteiger partial charge is 0.359 e. The molecule has 1 N–H and O–H groups in total. The molecule has 0 aliphatic heterocycles. The first-order valence-corrected chi connectivity index (χ1v) is 8.14. The lowest BCUT2D eigenvalue weighted by Crippen LogP contribution is -2.25. The van der Waals surface area contributed by atoms with E-state index in [-0.39, 0.29) is 11.5 Å². The molecule has 2 heterocycles. The van der Waals surface area contributed by atoms with Crippen LogP contribution in [0.4, 0.5) is 5.13 Å². The Morgan fingerprint density at radius 2 is 2.05 bits per heavy atom. The Labute approximate surface area is 129 Å². The Morgan fingerprint density at radius 1 is 1.33 bits per heavy atom. The molecular weight excluding hydrogens is 284 g/mol. The van der Waals surface area contributed by atoms with Crippen molar-refractivity contribution in [2.24, 2.45) is 0 Å². The summed E-state index contributed by atoms with van der Waals surface area (Å²) in [7, 11) is 0. The standard InChI is InChI=1S/C15H22N4OS/c1-6-19-14(20)11(7-12(18-19)9(2)3)13-8-21-15(17-13)16-10(4)5/h7-10H,6H2,1-5H3,(H,16,17). The van der Waals surface area contributed by atoms with Gasteiger partial charge >= 0.3 is 0 Å². The summed E-state index contributed by atoms with van der Waals surface area (Å²) in [6.45, 7) is 10.8. The first-order chi connectivity index (χ1) is 9.92. The van der Waals surface area contributed by atoms with Crippen LogP contribution in [0.3, 0.4) is 0 Å². The number of hydrogen-bond acceptors (Lipinski definition) is 5. The molecule has 2 aromatic heterocycles. The van der Waals surface area contributed by atoms with Gasteiger partial charge in [0.2, 0.25) is 0 Å². The van der Waals surface area contributed by atoms with Crippen LogP contribution in [-0.2, 0) is 6.54 Å². The van der Waals surface area contributed by atoms with Crippen molar-refractivity contribution in [3.05, 3.63) is 27.5 Å². The molecule has 21 heavy (non-hydrogen) atoms. The van der Waals surface area contributed by atoms with Crippen LogP contribution in [0.15, 0.2) is 16.2 Å². The highest BCUT2D eigenvalue weighted by Crippen LogP contribution is 2.24. The van der Waals surface area contributed by atoms with Crippen LogP contribution in [0.2, 0.25) is 0 Å². The Morgan fingerprint density at radius 3 is 2.62 bits per heavy atom. The molecule has 0 amide bonds. The summed E-state index contributed by atoms with van der Waals surface area (Å²) in [6, 6.07) is 2.19. The number of hydrogen-bond donors (Lipinski definition) is 1. The lowest BCUT2D eigenvalue weighted by atomic mass is 10.1. The summed E-state index contributed by atoms with van der Waals surface area (Å²) in [4.78, 5) is 17.0. The van der Waals surface area contributed by atoms with Crippen molar-refractivity contribution in [1.29, 1.82) is 0 Å². The van der Waals surface area contributed by atoms with Crippen molar-refractivity contribution in [1.82, 2.24) is 14.8 Å². The number of thiazole rings is 1. The van der Waals surface area contributed by atoms with Crippen molar-refractivity contribution in [3.8, 4) is 11.3 Å². The third-order valence-electron chi connectivity index (χ3n) is 3.08. The van der Waals surface area contributed by atoms with Crippen molar-refractivity contribution in [3.63, 3.8) is 0 Å². The SMILES string of the molecule is CCn1nc(C(C)C)cc(-c2csc(NC(C)C)n2)c1=O. The number of nitrogens with one attached hydrogen (secondary N) is 1. The lowest BCUT2D eigenvalue weighted by Gasteiger charge is -2.10. The molecule has 0 radical (unpaired) electrons. The summed E-state index contributed by atoms with van der Waals surface area (Å²) in [5, 5.41) is 10.4. The summed E-state index contributed by atoms with van der Waals surface area (Å²) in [5.41, 5.74) is 2.18. The van der Waals surface area contributed by atoms with E-state index in [2.05, 4.69) is 43.1 Å². The molecule has 0 atom stereocenters. The monoisotopic (exact) mass is 306 g/mol. The molecule has 0 aliphatic carbocycles. The number of aryl methyl sites for hydroxylation is 1. The number of aromatic nitrogens is 3. The molecule has 2 rings (SSSR count). The van der Waals surface area contributed by atoms with Crippen LogP contribution >= 0.6 is 11.3 Å². The summed E-state index contributed by atoms with van der Waals surface area (Å²) in [6.07, 6.45) is 0. The van der Waals surface area contributed by atoms with Crippen LogP contribution in [-0.4, -0.2) is 20.8 Å². The van der Waals surface area contributed by atoms with Crippen LogP contribution in [0.1, 0.15) is 46.2 Å². The fourth-order valence-electron chi connectivity index (χ4n) is 1.95. The van der Waals surface area contributed by atoms with Crippen LogP contribution in [0.25, 0.3) is 11.3 Å². The molecular formula is C15H22N4OS. The van der Waals surface area contributed by atoms with Crippen molar-refractivity contribution in [2.75, 3.05) is 5.32 Å². The fraction of sp³-hybridized carbons (Fsp3) is 0.533. The molecule has 0 unspecified atom stereocenters. The van der Waals surface area contributed by atoms with Gasteiger partial charge in [0.15, 0.2) is 5.13 Å². The molecule has 5 nitrogen and oxygen atoms in total. The van der Waals surface area contributed by atoms with E-state index < -0.39 is 0 Å². The molecule has 2 aromatic rings. The first kappa shape index (κ1) is 15.7. The molecule has 0 saturated heterocycles. The molecule has 6 heteroatoms. The number of anilines is 1. The predicted molar refractivity (Wildman–Crippen MR) is 88.1 cm³/mol. The predicted octanol–water partition coefficient (Wildman–Crippen LogP) is 3.33. The topological polar surface area (TPSA) is 59.8 Å². The Balaban J connectivity index is 2.49. The van der Waals surface area contributed by atoms with Gasteiger partial charge in [-0.3, -0.25) is 4.79 Å². The van der Waals surface area contributed by atoms with Gasteiger partial charge in [-0.05, 0) is 32.8 Å². The maximum absolute atomic E-state index is 12.5. The Bertz CT molecular complexity index is 673. The van der Waals surface area contributed by atoms with E-state index in [1.807, 2.05) is 18.4 Å². The molecule has 0 aliphatic rings. The lowest BCUT2D eigenvalue weighted by molar-refractivity contribution is 0.587. The van der Waals surface area contributed by atoms with E-state index in [1.54, 1.807) is 0 Å². The van der Waals surface area contributed by atoms with Gasteiger partial charge in [0.25, 0.3) is 5.56 Å². The summed E-state index contributed by atoms with van der Waals surface area (Å²) < 4.78 is 1.51. The van der Waals surface area contributed by atoms with Crippen molar-refractivity contribution in [2.45, 2.75) is 53.1 Å². The minimum absolute atomic E-state index is 0.0803. The average molecular weight is 306 g/mol. The zero-order valence-electron chi connectivity index (χ0n) is 13.2. The van der Waals surface area contributed by atoms with E-state index in [9.17, 15) is 4.79 Å². The Hall–Kier alpha value is -1.69. The Kier molecular flexibility index (Phi) is 4.77. The number of nitrogens with zero attached hydrogens (tertiary/aromatic N) is 3. The van der Waals surface area contributed by atoms with E-state index >= 15 is 0 Å². The highest BCUT2D eigenvalue weighted by Gasteiger charge is 2.14. The van der Waals surface area contributed by atoms with E-state index in [1.165, 1.54) is 16.0 Å². The second-order valence-electron chi connectivity index (χ2n) is 5.60. The van der Waals surface area contributed by atoms with E-state index in [0.29, 0.717) is 18.2 Å². The second-order valence-corrected chi connectivity index (χ2v) is 6.45. The molecule has 0 bridgehead atoms. The molecule has 114 valence electrons. The number of rotatable bonds is 5. The van der Waals surface area contributed by atoms with Gasteiger partial charge in [-0.2, -0.15) is 5.10 Å². The second kappa shape index (κ2) is 6.39. The maximum Gasteiger partial charge on any atom is 0.276 e. The van der Waals surface area contributed by atoms with Crippen LogP contribution in [0.5, 0.6) is 0 Å². The van der Waals surface area contributed by atoms with Crippen molar-refractivity contribution >= 4 is 16.5 Å². The smallest absolute Gasteiger partial charge is 0.276 e. The van der Waals surface area contributed by atoms with Crippen LogP contribution in [0, 0.1) is 0 Å². The first-order valence-electron chi connectivity index (χ1n) is 7.26. The summed E-state index contributed by atoms with van der Waals surface area (Å²) >= 11 is 1.52. The van der Waals surface area contributed by atoms with Gasteiger partial charge in [-0.1, -0.05) is 13.8 Å². The van der Waals surface area contributed by atoms with E-state index in [4.69, 9.17) is 0 Å². The summed E-state index contributed by atoms with van der Waals surface area (Å²) in [5.74, 6) is 0.272. The van der Waals surface area contributed by atoms with Gasteiger partial charge in [-0.15, -0.1) is 11.3 Å². The maximum atomic E-state index is 12.5. The van der Waals surface area contributed by atoms with Gasteiger partial charge < -0.3 is 5.32 Å². The van der Waals surface area contributed by atoms with Gasteiger partial charge in [0, 0.05) is 18.0 Å². The normalized spacial score (nSPS) is 11.4. The molecule has 0 fully saturated rings. The third-order valence-corrected chi connectivity index (χ3v) is 3.85. The van der Waals surface area contributed by atoms with Gasteiger partial charge in [-0.25, -0.2) is 9.67 Å². The van der Waals surface area contributed by atoms with Gasteiger partial charge in [0.05, 0.1) is 17.0 Å². The van der Waals surface area contributed by atoms with Gasteiger partial charge in [0.1, 0.15) is 0 Å². The molecule has 0 saturated carbocycles. The molecule has 0 aromatic carbocycles. The highest BCUT2D eigenvalue weighted by atomic mass is 32.1.